The summed E-state index contributed by atoms with van der Waals surface area (Å²) in [5, 5.41) is 5.58. The van der Waals surface area contributed by atoms with Crippen LogP contribution < -0.4 is 5.32 Å². The number of aromatic nitrogens is 1. The van der Waals surface area contributed by atoms with Crippen LogP contribution in [0, 0.1) is 0 Å². The molecular formula is C18H15ClN2O2. The largest absolute Gasteiger partial charge is 0.462 e. The van der Waals surface area contributed by atoms with Crippen LogP contribution in [0.5, 0.6) is 0 Å². The third-order valence-corrected chi connectivity index (χ3v) is 3.65. The molecule has 0 unspecified atom stereocenters. The highest BCUT2D eigenvalue weighted by atomic mass is 35.5. The fourth-order valence-corrected chi connectivity index (χ4v) is 2.46. The number of hydrogen-bond donors (Lipinski definition) is 1. The molecule has 4 nitrogen and oxygen atoms in total. The van der Waals surface area contributed by atoms with Crippen LogP contribution in [-0.4, -0.2) is 17.6 Å². The highest BCUT2D eigenvalue weighted by molar-refractivity contribution is 6.30. The maximum absolute atomic E-state index is 12.1. The number of halogens is 1. The molecule has 1 N–H and O–H groups in total. The van der Waals surface area contributed by atoms with Crippen molar-refractivity contribution in [2.45, 2.75) is 6.92 Å². The number of carbonyl (C=O) groups excluding carboxylic acids is 1. The molecule has 0 fully saturated rings. The number of nitrogens with one attached hydrogen (secondary N) is 1. The average molecular weight is 327 g/mol. The molecule has 3 rings (SSSR count). The predicted octanol–water partition coefficient (Wildman–Crippen LogP) is 4.81. The third kappa shape index (κ3) is 3.27. The van der Waals surface area contributed by atoms with Crippen LogP contribution in [0.25, 0.3) is 10.8 Å². The Balaban J connectivity index is 2.04. The fraction of sp³-hybridized carbons (Fsp3) is 0.111. The molecule has 1 aromatic heterocycles. The van der Waals surface area contributed by atoms with Crippen molar-refractivity contribution in [3.8, 4) is 0 Å². The van der Waals surface area contributed by atoms with Crippen LogP contribution in [-0.2, 0) is 4.74 Å². The van der Waals surface area contributed by atoms with Gasteiger partial charge in [0.05, 0.1) is 12.2 Å². The van der Waals surface area contributed by atoms with E-state index >= 15 is 0 Å². The SMILES string of the molecule is CCOC(=O)c1cnc(Nc2ccc(Cl)cc2)c2ccccc12. The Labute approximate surface area is 139 Å². The molecule has 2 aromatic carbocycles. The van der Waals surface area contributed by atoms with Gasteiger partial charge >= 0.3 is 5.97 Å². The molecular weight excluding hydrogens is 312 g/mol. The molecule has 5 heteroatoms. The number of rotatable bonds is 4. The van der Waals surface area contributed by atoms with Crippen molar-refractivity contribution in [2.75, 3.05) is 11.9 Å². The van der Waals surface area contributed by atoms with E-state index in [2.05, 4.69) is 10.3 Å². The summed E-state index contributed by atoms with van der Waals surface area (Å²) in [6.07, 6.45) is 1.54. The van der Waals surface area contributed by atoms with E-state index in [1.54, 1.807) is 25.3 Å². The van der Waals surface area contributed by atoms with Gasteiger partial charge in [-0.25, -0.2) is 9.78 Å². The number of anilines is 2. The van der Waals surface area contributed by atoms with Crippen LogP contribution >= 0.6 is 11.6 Å². The minimum absolute atomic E-state index is 0.331. The lowest BCUT2D eigenvalue weighted by atomic mass is 10.1. The third-order valence-electron chi connectivity index (χ3n) is 3.40. The first-order valence-corrected chi connectivity index (χ1v) is 7.64. The molecule has 23 heavy (non-hydrogen) atoms. The quantitative estimate of drug-likeness (QED) is 0.699. The first kappa shape index (κ1) is 15.3. The molecule has 0 bridgehead atoms. The monoisotopic (exact) mass is 326 g/mol. The minimum Gasteiger partial charge on any atom is -0.462 e. The fourth-order valence-electron chi connectivity index (χ4n) is 2.33. The Kier molecular flexibility index (Phi) is 4.44. The normalized spacial score (nSPS) is 10.5. The zero-order valence-electron chi connectivity index (χ0n) is 12.5. The first-order chi connectivity index (χ1) is 11.2. The molecule has 0 atom stereocenters. The van der Waals surface area contributed by atoms with E-state index in [-0.39, 0.29) is 5.97 Å². The second-order valence-electron chi connectivity index (χ2n) is 4.92. The van der Waals surface area contributed by atoms with Gasteiger partial charge in [-0.05, 0) is 31.2 Å². The summed E-state index contributed by atoms with van der Waals surface area (Å²) in [6, 6.07) is 15.0. The molecule has 0 amide bonds. The summed E-state index contributed by atoms with van der Waals surface area (Å²) in [5.41, 5.74) is 1.33. The zero-order chi connectivity index (χ0) is 16.2. The lowest BCUT2D eigenvalue weighted by Gasteiger charge is -2.11. The molecule has 0 aliphatic rings. The molecule has 1 heterocycles. The van der Waals surface area contributed by atoms with Crippen molar-refractivity contribution in [1.82, 2.24) is 4.98 Å². The highest BCUT2D eigenvalue weighted by Crippen LogP contribution is 2.27. The van der Waals surface area contributed by atoms with Gasteiger partial charge in [-0.2, -0.15) is 0 Å². The Morgan fingerprint density at radius 1 is 1.13 bits per heavy atom. The smallest absolute Gasteiger partial charge is 0.340 e. The number of hydrogen-bond acceptors (Lipinski definition) is 4. The van der Waals surface area contributed by atoms with Crippen molar-refractivity contribution in [2.24, 2.45) is 0 Å². The number of pyridine rings is 1. The van der Waals surface area contributed by atoms with Crippen LogP contribution in [0.3, 0.4) is 0 Å². The van der Waals surface area contributed by atoms with Gasteiger partial charge in [0.1, 0.15) is 5.82 Å². The van der Waals surface area contributed by atoms with E-state index in [1.165, 1.54) is 0 Å². The van der Waals surface area contributed by atoms with Crippen molar-refractivity contribution in [3.05, 3.63) is 65.3 Å². The molecule has 0 aliphatic heterocycles. The Morgan fingerprint density at radius 2 is 1.83 bits per heavy atom. The summed E-state index contributed by atoms with van der Waals surface area (Å²) in [5.74, 6) is 0.310. The van der Waals surface area contributed by atoms with Gasteiger partial charge < -0.3 is 10.1 Å². The van der Waals surface area contributed by atoms with Gasteiger partial charge in [0, 0.05) is 27.7 Å². The number of benzene rings is 2. The van der Waals surface area contributed by atoms with Crippen LogP contribution in [0.1, 0.15) is 17.3 Å². The van der Waals surface area contributed by atoms with Gasteiger partial charge in [-0.3, -0.25) is 0 Å². The Hall–Kier alpha value is -2.59. The molecule has 116 valence electrons. The zero-order valence-corrected chi connectivity index (χ0v) is 13.3. The van der Waals surface area contributed by atoms with Gasteiger partial charge in [0.25, 0.3) is 0 Å². The number of nitrogens with zero attached hydrogens (tertiary/aromatic N) is 1. The molecule has 0 radical (unpaired) electrons. The number of carbonyl (C=O) groups is 1. The maximum Gasteiger partial charge on any atom is 0.340 e. The predicted molar refractivity (Wildman–Crippen MR) is 92.4 cm³/mol. The maximum atomic E-state index is 12.1. The molecule has 0 saturated carbocycles. The highest BCUT2D eigenvalue weighted by Gasteiger charge is 2.14. The molecule has 0 saturated heterocycles. The molecule has 0 spiro atoms. The van der Waals surface area contributed by atoms with Crippen molar-refractivity contribution < 1.29 is 9.53 Å². The standard InChI is InChI=1S/C18H15ClN2O2/c1-2-23-18(22)16-11-20-17(15-6-4-3-5-14(15)16)21-13-9-7-12(19)8-10-13/h3-11H,2H2,1H3,(H,20,21). The number of fused-ring (bicyclic) bond motifs is 1. The van der Waals surface area contributed by atoms with E-state index in [4.69, 9.17) is 16.3 Å². The van der Waals surface area contributed by atoms with Crippen molar-refractivity contribution >= 4 is 39.8 Å². The summed E-state index contributed by atoms with van der Waals surface area (Å²) < 4.78 is 5.09. The lowest BCUT2D eigenvalue weighted by molar-refractivity contribution is 0.0528. The second kappa shape index (κ2) is 6.67. The van der Waals surface area contributed by atoms with Gasteiger partial charge in [0.2, 0.25) is 0 Å². The van der Waals surface area contributed by atoms with Crippen LogP contribution in [0.15, 0.2) is 54.7 Å². The minimum atomic E-state index is -0.366. The second-order valence-corrected chi connectivity index (χ2v) is 5.35. The number of esters is 1. The summed E-state index contributed by atoms with van der Waals surface area (Å²) in [4.78, 5) is 16.5. The topological polar surface area (TPSA) is 51.2 Å². The van der Waals surface area contributed by atoms with E-state index < -0.39 is 0 Å². The lowest BCUT2D eigenvalue weighted by Crippen LogP contribution is -2.07. The van der Waals surface area contributed by atoms with Gasteiger partial charge in [-0.15, -0.1) is 0 Å². The average Bonchev–Trinajstić information content (AvgIpc) is 2.57. The molecule has 0 aliphatic carbocycles. The van der Waals surface area contributed by atoms with Crippen molar-refractivity contribution in [1.29, 1.82) is 0 Å². The van der Waals surface area contributed by atoms with E-state index in [1.807, 2.05) is 36.4 Å². The van der Waals surface area contributed by atoms with Crippen LogP contribution in [0.4, 0.5) is 11.5 Å². The van der Waals surface area contributed by atoms with E-state index in [9.17, 15) is 4.79 Å². The van der Waals surface area contributed by atoms with E-state index in [0.717, 1.165) is 16.5 Å². The summed E-state index contributed by atoms with van der Waals surface area (Å²) >= 11 is 5.90. The van der Waals surface area contributed by atoms with Crippen molar-refractivity contribution in [3.63, 3.8) is 0 Å². The first-order valence-electron chi connectivity index (χ1n) is 7.26. The Bertz CT molecular complexity index is 847. The van der Waals surface area contributed by atoms with Crippen LogP contribution in [0.2, 0.25) is 5.02 Å². The summed E-state index contributed by atoms with van der Waals surface area (Å²) in [7, 11) is 0. The summed E-state index contributed by atoms with van der Waals surface area (Å²) in [6.45, 7) is 2.11. The van der Waals surface area contributed by atoms with Gasteiger partial charge in [-0.1, -0.05) is 35.9 Å². The van der Waals surface area contributed by atoms with Gasteiger partial charge in [0.15, 0.2) is 0 Å². The Morgan fingerprint density at radius 3 is 2.52 bits per heavy atom. The molecule has 3 aromatic rings. The number of ether oxygens (including phenoxy) is 1. The van der Waals surface area contributed by atoms with E-state index in [0.29, 0.717) is 23.0 Å².